The summed E-state index contributed by atoms with van der Waals surface area (Å²) in [6, 6.07) is 4.39. The lowest BCUT2D eigenvalue weighted by molar-refractivity contribution is 0.0326. The number of ether oxygens (including phenoxy) is 2. The minimum atomic E-state index is -4.52. The molecule has 1 heterocycles. The van der Waals surface area contributed by atoms with Crippen LogP contribution in [-0.2, 0) is 19.5 Å². The number of benzene rings is 1. The lowest BCUT2D eigenvalue weighted by Gasteiger charge is -2.27. The summed E-state index contributed by atoms with van der Waals surface area (Å²) < 4.78 is 37.9. The van der Waals surface area contributed by atoms with Crippen LogP contribution in [0, 0.1) is 0 Å². The number of carbonyl (C=O) groups is 3. The smallest absolute Gasteiger partial charge is 0.428 e. The zero-order chi connectivity index (χ0) is 26.1. The molecule has 0 saturated carbocycles. The number of carbonyl (C=O) groups excluding carboxylic acids is 2. The number of aromatic carboxylic acids is 1. The maximum absolute atomic E-state index is 13.4. The average molecular weight is 515 g/mol. The van der Waals surface area contributed by atoms with E-state index in [2.05, 4.69) is 12.6 Å². The van der Waals surface area contributed by atoms with Gasteiger partial charge in [-0.15, -0.1) is 0 Å². The molecule has 0 radical (unpaired) electrons. The van der Waals surface area contributed by atoms with Crippen LogP contribution < -0.4 is 0 Å². The van der Waals surface area contributed by atoms with E-state index < -0.39 is 39.4 Å². The second-order valence-electron chi connectivity index (χ2n) is 9.68. The van der Waals surface area contributed by atoms with Gasteiger partial charge in [-0.25, -0.2) is 22.8 Å². The summed E-state index contributed by atoms with van der Waals surface area (Å²) in [7, 11) is -4.52. The summed E-state index contributed by atoms with van der Waals surface area (Å²) in [6.07, 6.45) is -0.680. The Labute approximate surface area is 205 Å². The Bertz CT molecular complexity index is 1080. The zero-order valence-corrected chi connectivity index (χ0v) is 21.6. The molecule has 0 spiro atoms. The van der Waals surface area contributed by atoms with Crippen LogP contribution in [-0.4, -0.2) is 63.9 Å². The van der Waals surface area contributed by atoms with Gasteiger partial charge in [0.05, 0.1) is 10.5 Å². The molecule has 1 aromatic carbocycles. The van der Waals surface area contributed by atoms with Gasteiger partial charge in [0.15, 0.2) is 0 Å². The normalized spacial score (nSPS) is 18.0. The number of hydrogen-bond donors (Lipinski definition) is 2. The van der Waals surface area contributed by atoms with Gasteiger partial charge in [0.2, 0.25) is 0 Å². The molecule has 0 bridgehead atoms. The topological polar surface area (TPSA) is 131 Å². The highest BCUT2D eigenvalue weighted by molar-refractivity contribution is 7.89. The first-order valence-corrected chi connectivity index (χ1v) is 12.4. The Balaban J connectivity index is 2.55. The molecule has 1 saturated heterocycles. The third-order valence-electron chi connectivity index (χ3n) is 4.30. The maximum atomic E-state index is 13.4. The molecule has 2 rings (SSSR count). The summed E-state index contributed by atoms with van der Waals surface area (Å²) in [5.41, 5.74) is -1.72. The van der Waals surface area contributed by atoms with Crippen LogP contribution in [0.1, 0.15) is 58.3 Å². The number of likely N-dealkylation sites (tertiary alicyclic amines) is 1. The first-order valence-electron chi connectivity index (χ1n) is 10.4. The highest BCUT2D eigenvalue weighted by Crippen LogP contribution is 2.30. The first kappa shape index (κ1) is 27.5. The fraction of sp³-hybridized carbons (Fsp3) is 0.500. The molecule has 1 aromatic rings. The minimum absolute atomic E-state index is 0.120. The molecule has 12 heteroatoms. The highest BCUT2D eigenvalue weighted by atomic mass is 32.2. The summed E-state index contributed by atoms with van der Waals surface area (Å²) in [6.45, 7) is 9.98. The number of thiol groups is 1. The molecule has 1 aliphatic heterocycles. The standard InChI is InChI=1S/C22H30N2O8S2/c1-21(2,3)31-19(27)23-13-16(33)11-15(23)12-24(20(28)32-22(4,5)6)34(29,30)17-9-7-14(8-10-17)18(25)26/h7-10,12,16,33H,11,13H2,1-6H3,(H,25,26)/b15-12+. The van der Waals surface area contributed by atoms with Gasteiger partial charge < -0.3 is 14.6 Å². The quantitative estimate of drug-likeness (QED) is 0.575. The average Bonchev–Trinajstić information content (AvgIpc) is 3.04. The molecule has 1 N–H and O–H groups in total. The van der Waals surface area contributed by atoms with E-state index >= 15 is 0 Å². The molecule has 1 atom stereocenters. The van der Waals surface area contributed by atoms with Crippen LogP contribution >= 0.6 is 12.6 Å². The summed E-state index contributed by atoms with van der Waals surface area (Å²) in [5.74, 6) is -1.23. The van der Waals surface area contributed by atoms with Crippen molar-refractivity contribution in [1.82, 2.24) is 9.21 Å². The molecule has 34 heavy (non-hydrogen) atoms. The summed E-state index contributed by atoms with van der Waals surface area (Å²) in [4.78, 5) is 37.7. The number of carboxylic acids is 1. The Morgan fingerprint density at radius 3 is 2.06 bits per heavy atom. The van der Waals surface area contributed by atoms with Crippen molar-refractivity contribution in [2.24, 2.45) is 0 Å². The van der Waals surface area contributed by atoms with Gasteiger partial charge in [0.25, 0.3) is 10.0 Å². The lowest BCUT2D eigenvalue weighted by Crippen LogP contribution is -2.39. The minimum Gasteiger partial charge on any atom is -0.478 e. The van der Waals surface area contributed by atoms with E-state index in [4.69, 9.17) is 14.6 Å². The SMILES string of the molecule is CC(C)(C)OC(=O)N1CC(S)C/C1=C\N(C(=O)OC(C)(C)C)S(=O)(=O)c1ccc(C(=O)O)cc1. The number of nitrogens with zero attached hydrogens (tertiary/aromatic N) is 2. The fourth-order valence-electron chi connectivity index (χ4n) is 2.92. The lowest BCUT2D eigenvalue weighted by atomic mass is 10.2. The van der Waals surface area contributed by atoms with Crippen LogP contribution in [0.3, 0.4) is 0 Å². The number of hydrogen-bond acceptors (Lipinski definition) is 8. The van der Waals surface area contributed by atoms with E-state index in [1.165, 1.54) is 4.90 Å². The van der Waals surface area contributed by atoms with E-state index in [9.17, 15) is 22.8 Å². The van der Waals surface area contributed by atoms with Crippen LogP contribution in [0.2, 0.25) is 0 Å². The van der Waals surface area contributed by atoms with E-state index in [-0.39, 0.29) is 34.4 Å². The third-order valence-corrected chi connectivity index (χ3v) is 6.28. The van der Waals surface area contributed by atoms with Crippen molar-refractivity contribution in [3.8, 4) is 0 Å². The second-order valence-corrected chi connectivity index (χ2v) is 12.2. The fourth-order valence-corrected chi connectivity index (χ4v) is 4.47. The monoisotopic (exact) mass is 514 g/mol. The Kier molecular flexibility index (Phi) is 7.98. The third kappa shape index (κ3) is 7.13. The molecule has 0 aliphatic carbocycles. The van der Waals surface area contributed by atoms with Crippen molar-refractivity contribution < 1.29 is 37.4 Å². The van der Waals surface area contributed by atoms with E-state index in [1.807, 2.05) is 0 Å². The van der Waals surface area contributed by atoms with Crippen molar-refractivity contribution in [3.63, 3.8) is 0 Å². The predicted octanol–water partition coefficient (Wildman–Crippen LogP) is 4.09. The van der Waals surface area contributed by atoms with Crippen molar-refractivity contribution >= 4 is 40.8 Å². The van der Waals surface area contributed by atoms with Gasteiger partial charge >= 0.3 is 18.2 Å². The van der Waals surface area contributed by atoms with Crippen molar-refractivity contribution in [2.45, 2.75) is 69.3 Å². The van der Waals surface area contributed by atoms with Gasteiger partial charge in [-0.2, -0.15) is 16.9 Å². The summed E-state index contributed by atoms with van der Waals surface area (Å²) in [5, 5.41) is 8.77. The van der Waals surface area contributed by atoms with Crippen LogP contribution in [0.25, 0.3) is 0 Å². The largest absolute Gasteiger partial charge is 0.478 e. The van der Waals surface area contributed by atoms with Gasteiger partial charge in [-0.1, -0.05) is 0 Å². The van der Waals surface area contributed by atoms with Gasteiger partial charge in [0, 0.05) is 30.1 Å². The number of allylic oxidation sites excluding steroid dienone is 1. The number of carboxylic acid groups (broad SMARTS) is 1. The molecule has 1 unspecified atom stereocenters. The Morgan fingerprint density at radius 1 is 1.06 bits per heavy atom. The predicted molar refractivity (Wildman–Crippen MR) is 127 cm³/mol. The molecular formula is C22H30N2O8S2. The number of sulfonamides is 1. The molecule has 2 amide bonds. The zero-order valence-electron chi connectivity index (χ0n) is 19.9. The molecule has 0 aromatic heterocycles. The van der Waals surface area contributed by atoms with Crippen molar-refractivity contribution in [3.05, 3.63) is 41.7 Å². The molecule has 1 aliphatic rings. The number of rotatable bonds is 4. The van der Waals surface area contributed by atoms with Crippen molar-refractivity contribution in [2.75, 3.05) is 6.54 Å². The van der Waals surface area contributed by atoms with E-state index in [1.54, 1.807) is 41.5 Å². The Hall–Kier alpha value is -2.73. The van der Waals surface area contributed by atoms with E-state index in [0.717, 1.165) is 30.5 Å². The van der Waals surface area contributed by atoms with Gasteiger partial charge in [0.1, 0.15) is 11.2 Å². The first-order chi connectivity index (χ1) is 15.4. The maximum Gasteiger partial charge on any atom is 0.428 e. The molecule has 10 nitrogen and oxygen atoms in total. The molecule has 1 fully saturated rings. The van der Waals surface area contributed by atoms with Crippen LogP contribution in [0.5, 0.6) is 0 Å². The van der Waals surface area contributed by atoms with Crippen molar-refractivity contribution in [1.29, 1.82) is 0 Å². The number of amides is 2. The van der Waals surface area contributed by atoms with E-state index in [0.29, 0.717) is 4.31 Å². The van der Waals surface area contributed by atoms with Gasteiger partial charge in [-0.05, 0) is 65.8 Å². The molecular weight excluding hydrogens is 484 g/mol. The van der Waals surface area contributed by atoms with Crippen LogP contribution in [0.4, 0.5) is 9.59 Å². The second kappa shape index (κ2) is 9.87. The highest BCUT2D eigenvalue weighted by Gasteiger charge is 2.37. The Morgan fingerprint density at radius 2 is 1.59 bits per heavy atom. The van der Waals surface area contributed by atoms with Crippen LogP contribution in [0.15, 0.2) is 41.1 Å². The van der Waals surface area contributed by atoms with Gasteiger partial charge in [-0.3, -0.25) is 4.90 Å². The summed E-state index contributed by atoms with van der Waals surface area (Å²) >= 11 is 4.40. The molecule has 188 valence electrons.